The lowest BCUT2D eigenvalue weighted by Gasteiger charge is -2.12. The number of ether oxygens (including phenoxy) is 1. The molecule has 0 amide bonds. The minimum Gasteiger partial charge on any atom is -0.465 e. The van der Waals surface area contributed by atoms with Gasteiger partial charge in [0.25, 0.3) is 5.56 Å². The Kier molecular flexibility index (Phi) is 4.62. The Morgan fingerprint density at radius 1 is 1.47 bits per heavy atom. The molecule has 0 saturated carbocycles. The molecule has 3 N–H and O–H groups in total. The molecule has 0 spiro atoms. The summed E-state index contributed by atoms with van der Waals surface area (Å²) in [6.07, 6.45) is 0.751. The number of H-pyrrole nitrogens is 2. The Morgan fingerprint density at radius 3 is 2.63 bits per heavy atom. The lowest BCUT2D eigenvalue weighted by Crippen LogP contribution is -2.42. The monoisotopic (exact) mass is 291 g/mol. The fraction of sp³-hybridized carbons (Fsp3) is 0.444. The number of sulfonamides is 1. The predicted octanol–water partition coefficient (Wildman–Crippen LogP) is -1.71. The van der Waals surface area contributed by atoms with E-state index in [0.717, 1.165) is 6.20 Å². The van der Waals surface area contributed by atoms with Crippen molar-refractivity contribution in [3.05, 3.63) is 27.0 Å². The minimum absolute atomic E-state index is 0.101. The molecule has 10 heteroatoms. The number of carbonyl (C=O) groups is 1. The molecule has 106 valence electrons. The average molecular weight is 291 g/mol. The zero-order chi connectivity index (χ0) is 14.6. The Balaban J connectivity index is 3.02. The number of rotatable bonds is 5. The fourth-order valence-corrected chi connectivity index (χ4v) is 2.41. The summed E-state index contributed by atoms with van der Waals surface area (Å²) in [6.45, 7) is 2.95. The smallest absolute Gasteiger partial charge is 0.325 e. The Labute approximate surface area is 108 Å². The number of nitrogens with one attached hydrogen (secondary N) is 3. The largest absolute Gasteiger partial charge is 0.465 e. The van der Waals surface area contributed by atoms with E-state index in [0.29, 0.717) is 0 Å². The van der Waals surface area contributed by atoms with Gasteiger partial charge in [-0.3, -0.25) is 14.6 Å². The molecule has 1 rings (SSSR count). The van der Waals surface area contributed by atoms with Crippen LogP contribution in [0.4, 0.5) is 0 Å². The van der Waals surface area contributed by atoms with Crippen molar-refractivity contribution in [2.45, 2.75) is 24.8 Å². The van der Waals surface area contributed by atoms with Gasteiger partial charge in [0.05, 0.1) is 6.61 Å². The number of aromatic nitrogens is 2. The van der Waals surface area contributed by atoms with Crippen molar-refractivity contribution < 1.29 is 17.9 Å². The molecule has 1 aromatic rings. The molecule has 0 aliphatic carbocycles. The van der Waals surface area contributed by atoms with Crippen LogP contribution in [0.25, 0.3) is 0 Å². The first kappa shape index (κ1) is 15.1. The fourth-order valence-electron chi connectivity index (χ4n) is 1.21. The molecule has 1 aromatic heterocycles. The van der Waals surface area contributed by atoms with Gasteiger partial charge in [0.2, 0.25) is 10.0 Å². The molecule has 1 heterocycles. The van der Waals surface area contributed by atoms with E-state index in [9.17, 15) is 22.8 Å². The molecule has 0 fully saturated rings. The van der Waals surface area contributed by atoms with Gasteiger partial charge in [0.1, 0.15) is 6.04 Å². The summed E-state index contributed by atoms with van der Waals surface area (Å²) in [4.78, 5) is 36.5. The molecular weight excluding hydrogens is 278 g/mol. The topological polar surface area (TPSA) is 138 Å². The average Bonchev–Trinajstić information content (AvgIpc) is 2.27. The maximum Gasteiger partial charge on any atom is 0.325 e. The first-order chi connectivity index (χ1) is 8.77. The zero-order valence-corrected chi connectivity index (χ0v) is 11.0. The molecule has 19 heavy (non-hydrogen) atoms. The number of hydrogen-bond acceptors (Lipinski definition) is 6. The van der Waals surface area contributed by atoms with E-state index in [4.69, 9.17) is 0 Å². The van der Waals surface area contributed by atoms with Crippen LogP contribution in [0.2, 0.25) is 0 Å². The lowest BCUT2D eigenvalue weighted by molar-refractivity contribution is -0.144. The van der Waals surface area contributed by atoms with Gasteiger partial charge in [0, 0.05) is 6.20 Å². The Hall–Kier alpha value is -1.94. The van der Waals surface area contributed by atoms with Gasteiger partial charge in [0.15, 0.2) is 4.90 Å². The summed E-state index contributed by atoms with van der Waals surface area (Å²) >= 11 is 0. The van der Waals surface area contributed by atoms with Crippen molar-refractivity contribution in [3.63, 3.8) is 0 Å². The van der Waals surface area contributed by atoms with E-state index >= 15 is 0 Å². The van der Waals surface area contributed by atoms with E-state index in [-0.39, 0.29) is 6.61 Å². The van der Waals surface area contributed by atoms with Gasteiger partial charge < -0.3 is 9.72 Å². The van der Waals surface area contributed by atoms with Crippen molar-refractivity contribution in [1.82, 2.24) is 14.7 Å². The van der Waals surface area contributed by atoms with Gasteiger partial charge in [-0.2, -0.15) is 4.72 Å². The molecular formula is C9H13N3O6S. The molecule has 0 radical (unpaired) electrons. The van der Waals surface area contributed by atoms with Crippen LogP contribution >= 0.6 is 0 Å². The number of hydrogen-bond donors (Lipinski definition) is 3. The highest BCUT2D eigenvalue weighted by atomic mass is 32.2. The molecule has 0 aliphatic rings. The van der Waals surface area contributed by atoms with Crippen molar-refractivity contribution >= 4 is 16.0 Å². The summed E-state index contributed by atoms with van der Waals surface area (Å²) in [7, 11) is -4.24. The second kappa shape index (κ2) is 5.80. The first-order valence-corrected chi connectivity index (χ1v) is 6.77. The number of carbonyl (C=O) groups excluding carboxylic acids is 1. The summed E-state index contributed by atoms with van der Waals surface area (Å²) in [5.74, 6) is -0.771. The Bertz CT molecular complexity index is 674. The van der Waals surface area contributed by atoms with Crippen LogP contribution in [0.5, 0.6) is 0 Å². The number of esters is 1. The van der Waals surface area contributed by atoms with E-state index in [1.807, 2.05) is 9.71 Å². The standard InChI is InChI=1S/C9H13N3O6S/c1-3-18-8(14)5(2)12-19(16,17)6-4-10-9(15)11-7(6)13/h4-5,12H,3H2,1-2H3,(H2,10,11,13,15). The third kappa shape index (κ3) is 3.76. The van der Waals surface area contributed by atoms with Crippen LogP contribution in [-0.2, 0) is 19.6 Å². The molecule has 0 aliphatic heterocycles. The minimum atomic E-state index is -4.24. The maximum absolute atomic E-state index is 11.8. The second-order valence-corrected chi connectivity index (χ2v) is 5.21. The van der Waals surface area contributed by atoms with Crippen LogP contribution in [0.3, 0.4) is 0 Å². The lowest BCUT2D eigenvalue weighted by atomic mass is 10.4. The summed E-state index contributed by atoms with van der Waals surface area (Å²) in [5.41, 5.74) is -1.91. The summed E-state index contributed by atoms with van der Waals surface area (Å²) in [6, 6.07) is -1.16. The highest BCUT2D eigenvalue weighted by Crippen LogP contribution is 2.01. The summed E-state index contributed by atoms with van der Waals surface area (Å²) in [5, 5.41) is 0. The van der Waals surface area contributed by atoms with Crippen LogP contribution < -0.4 is 16.0 Å². The molecule has 0 saturated heterocycles. The predicted molar refractivity (Wildman–Crippen MR) is 64.1 cm³/mol. The highest BCUT2D eigenvalue weighted by molar-refractivity contribution is 7.89. The highest BCUT2D eigenvalue weighted by Gasteiger charge is 2.25. The molecule has 1 unspecified atom stereocenters. The van der Waals surface area contributed by atoms with E-state index < -0.39 is 38.2 Å². The van der Waals surface area contributed by atoms with E-state index in [2.05, 4.69) is 4.74 Å². The van der Waals surface area contributed by atoms with Crippen LogP contribution in [0, 0.1) is 0 Å². The molecule has 9 nitrogen and oxygen atoms in total. The van der Waals surface area contributed by atoms with Gasteiger partial charge in [-0.15, -0.1) is 0 Å². The van der Waals surface area contributed by atoms with Crippen molar-refractivity contribution in [2.24, 2.45) is 0 Å². The third-order valence-corrected chi connectivity index (χ3v) is 3.59. The Morgan fingerprint density at radius 2 is 2.11 bits per heavy atom. The maximum atomic E-state index is 11.8. The van der Waals surface area contributed by atoms with Crippen molar-refractivity contribution in [2.75, 3.05) is 6.61 Å². The normalized spacial score (nSPS) is 12.9. The first-order valence-electron chi connectivity index (χ1n) is 5.29. The molecule has 0 aromatic carbocycles. The van der Waals surface area contributed by atoms with Gasteiger partial charge in [-0.25, -0.2) is 13.2 Å². The van der Waals surface area contributed by atoms with Gasteiger partial charge in [-0.05, 0) is 13.8 Å². The van der Waals surface area contributed by atoms with Crippen LogP contribution in [-0.4, -0.2) is 37.0 Å². The second-order valence-electron chi connectivity index (χ2n) is 3.53. The third-order valence-electron chi connectivity index (χ3n) is 2.05. The molecule has 1 atom stereocenters. The number of aromatic amines is 2. The zero-order valence-electron chi connectivity index (χ0n) is 10.2. The van der Waals surface area contributed by atoms with Crippen LogP contribution in [0.15, 0.2) is 20.7 Å². The van der Waals surface area contributed by atoms with E-state index in [1.54, 1.807) is 11.9 Å². The SMILES string of the molecule is CCOC(=O)C(C)NS(=O)(=O)c1c[nH]c(=O)[nH]c1=O. The quantitative estimate of drug-likeness (QED) is 0.552. The van der Waals surface area contributed by atoms with E-state index in [1.165, 1.54) is 6.92 Å². The summed E-state index contributed by atoms with van der Waals surface area (Å²) < 4.78 is 30.2. The van der Waals surface area contributed by atoms with Crippen LogP contribution in [0.1, 0.15) is 13.8 Å². The van der Waals surface area contributed by atoms with Gasteiger partial charge in [-0.1, -0.05) is 0 Å². The molecule has 0 bridgehead atoms. The van der Waals surface area contributed by atoms with Crippen molar-refractivity contribution in [1.29, 1.82) is 0 Å². The van der Waals surface area contributed by atoms with Crippen molar-refractivity contribution in [3.8, 4) is 0 Å². The van der Waals surface area contributed by atoms with Gasteiger partial charge >= 0.3 is 11.7 Å².